The second kappa shape index (κ2) is 9.98. The Morgan fingerprint density at radius 3 is 2.09 bits per heavy atom. The maximum Gasteiger partial charge on any atom is 0.318 e. The van der Waals surface area contributed by atoms with E-state index in [-0.39, 0.29) is 5.78 Å². The molecule has 4 heteroatoms. The van der Waals surface area contributed by atoms with Gasteiger partial charge in [-0.25, -0.2) is 0 Å². The fourth-order valence-corrected chi connectivity index (χ4v) is 2.56. The number of aliphatic carboxylic acids is 1. The first-order valence-corrected chi connectivity index (χ1v) is 8.17. The van der Waals surface area contributed by atoms with Gasteiger partial charge in [-0.3, -0.25) is 9.59 Å². The molecule has 0 aliphatic carbocycles. The number of carbonyl (C=O) groups is 2. The average Bonchev–Trinajstić information content (AvgIpc) is 2.48. The lowest BCUT2D eigenvalue weighted by Crippen LogP contribution is -2.21. The Hall–Kier alpha value is -1.84. The number of Topliss-reactive ketones (excluding diaryl/α,β-unsaturated/α-hetero) is 1. The summed E-state index contributed by atoms with van der Waals surface area (Å²) in [6, 6.07) is 6.51. The Balaban J connectivity index is 2.43. The van der Waals surface area contributed by atoms with Crippen LogP contribution in [0.5, 0.6) is 0 Å². The minimum absolute atomic E-state index is 0.217. The zero-order chi connectivity index (χ0) is 16.4. The Morgan fingerprint density at radius 2 is 1.55 bits per heavy atom. The van der Waals surface area contributed by atoms with Crippen molar-refractivity contribution < 1.29 is 14.7 Å². The number of hydrogen-bond donors (Lipinski definition) is 2. The van der Waals surface area contributed by atoms with Crippen LogP contribution in [0.15, 0.2) is 24.3 Å². The van der Waals surface area contributed by atoms with Crippen molar-refractivity contribution in [1.29, 1.82) is 0 Å². The van der Waals surface area contributed by atoms with Gasteiger partial charge in [0, 0.05) is 12.1 Å². The average molecular weight is 305 g/mol. The number of carboxylic acid groups (broad SMARTS) is 1. The molecule has 0 saturated heterocycles. The van der Waals surface area contributed by atoms with Gasteiger partial charge < -0.3 is 10.8 Å². The lowest BCUT2D eigenvalue weighted by molar-refractivity contribution is -0.142. The first kappa shape index (κ1) is 18.2. The molecule has 0 radical (unpaired) electrons. The highest BCUT2D eigenvalue weighted by Gasteiger charge is 2.27. The smallest absolute Gasteiger partial charge is 0.318 e. The first-order valence-electron chi connectivity index (χ1n) is 8.17. The van der Waals surface area contributed by atoms with Gasteiger partial charge in [-0.05, 0) is 24.1 Å². The highest BCUT2D eigenvalue weighted by atomic mass is 16.4. The summed E-state index contributed by atoms with van der Waals surface area (Å²) >= 11 is 0. The number of hydrogen-bond acceptors (Lipinski definition) is 3. The number of anilines is 1. The molecule has 122 valence electrons. The third-order valence-corrected chi connectivity index (χ3v) is 3.87. The summed E-state index contributed by atoms with van der Waals surface area (Å²) in [5.74, 6) is -2.37. The van der Waals surface area contributed by atoms with E-state index in [0.29, 0.717) is 17.7 Å². The van der Waals surface area contributed by atoms with Gasteiger partial charge >= 0.3 is 5.97 Å². The summed E-state index contributed by atoms with van der Waals surface area (Å²) in [6.45, 7) is 2.18. The van der Waals surface area contributed by atoms with E-state index >= 15 is 0 Å². The lowest BCUT2D eigenvalue weighted by Gasteiger charge is -2.12. The van der Waals surface area contributed by atoms with Crippen LogP contribution in [0.25, 0.3) is 0 Å². The Morgan fingerprint density at radius 1 is 1.00 bits per heavy atom. The molecule has 0 amide bonds. The van der Waals surface area contributed by atoms with E-state index in [1.807, 2.05) is 0 Å². The van der Waals surface area contributed by atoms with Crippen LogP contribution in [0, 0.1) is 0 Å². The molecule has 0 aromatic heterocycles. The van der Waals surface area contributed by atoms with Gasteiger partial charge in [0.25, 0.3) is 0 Å². The molecule has 0 saturated carbocycles. The van der Waals surface area contributed by atoms with E-state index < -0.39 is 11.9 Å². The summed E-state index contributed by atoms with van der Waals surface area (Å²) in [4.78, 5) is 23.6. The van der Waals surface area contributed by atoms with Crippen molar-refractivity contribution in [3.05, 3.63) is 29.8 Å². The molecule has 0 fully saturated rings. The predicted octanol–water partition coefficient (Wildman–Crippen LogP) is 4.15. The molecule has 0 heterocycles. The van der Waals surface area contributed by atoms with E-state index in [1.165, 1.54) is 25.7 Å². The SMILES string of the molecule is CCCCCCCCCC(=O)C(C(=O)O)c1ccc(N)cc1. The number of unbranched alkanes of at least 4 members (excludes halogenated alkanes) is 6. The van der Waals surface area contributed by atoms with Crippen LogP contribution in [-0.2, 0) is 9.59 Å². The molecule has 3 N–H and O–H groups in total. The van der Waals surface area contributed by atoms with Crippen molar-refractivity contribution >= 4 is 17.4 Å². The second-order valence-corrected chi connectivity index (χ2v) is 5.78. The van der Waals surface area contributed by atoms with Gasteiger partial charge in [0.05, 0.1) is 0 Å². The molecular weight excluding hydrogens is 278 g/mol. The van der Waals surface area contributed by atoms with Crippen LogP contribution >= 0.6 is 0 Å². The zero-order valence-electron chi connectivity index (χ0n) is 13.4. The highest BCUT2D eigenvalue weighted by molar-refractivity contribution is 6.03. The van der Waals surface area contributed by atoms with E-state index in [2.05, 4.69) is 6.92 Å². The van der Waals surface area contributed by atoms with Gasteiger partial charge in [-0.15, -0.1) is 0 Å². The summed E-state index contributed by atoms with van der Waals surface area (Å²) < 4.78 is 0. The van der Waals surface area contributed by atoms with Crippen LogP contribution in [0.2, 0.25) is 0 Å². The van der Waals surface area contributed by atoms with Crippen molar-refractivity contribution in [3.8, 4) is 0 Å². The Labute approximate surface area is 132 Å². The van der Waals surface area contributed by atoms with Crippen molar-refractivity contribution in [2.75, 3.05) is 5.73 Å². The number of benzene rings is 1. The minimum atomic E-state index is -1.09. The van der Waals surface area contributed by atoms with Crippen LogP contribution in [-0.4, -0.2) is 16.9 Å². The summed E-state index contributed by atoms with van der Waals surface area (Å²) in [5, 5.41) is 9.31. The molecule has 4 nitrogen and oxygen atoms in total. The standard InChI is InChI=1S/C18H27NO3/c1-2-3-4-5-6-7-8-9-16(20)17(18(21)22)14-10-12-15(19)13-11-14/h10-13,17H,2-9,19H2,1H3,(H,21,22). The molecule has 1 atom stereocenters. The number of nitrogen functional groups attached to an aromatic ring is 1. The molecular formula is C18H27NO3. The van der Waals surface area contributed by atoms with Crippen LogP contribution in [0.3, 0.4) is 0 Å². The number of carbonyl (C=O) groups excluding carboxylic acids is 1. The van der Waals surface area contributed by atoms with Gasteiger partial charge in [-0.1, -0.05) is 57.6 Å². The number of nitrogens with two attached hydrogens (primary N) is 1. The second-order valence-electron chi connectivity index (χ2n) is 5.78. The first-order chi connectivity index (χ1) is 10.6. The minimum Gasteiger partial charge on any atom is -0.480 e. The van der Waals surface area contributed by atoms with E-state index in [4.69, 9.17) is 5.73 Å². The van der Waals surface area contributed by atoms with Gasteiger partial charge in [0.1, 0.15) is 5.92 Å². The van der Waals surface area contributed by atoms with Gasteiger partial charge in [0.15, 0.2) is 5.78 Å². The molecule has 0 bridgehead atoms. The highest BCUT2D eigenvalue weighted by Crippen LogP contribution is 2.21. The Kier molecular flexibility index (Phi) is 8.26. The summed E-state index contributed by atoms with van der Waals surface area (Å²) in [5.41, 5.74) is 6.67. The Bertz CT molecular complexity index is 468. The van der Waals surface area contributed by atoms with Crippen LogP contribution in [0.4, 0.5) is 5.69 Å². The van der Waals surface area contributed by atoms with E-state index in [9.17, 15) is 14.7 Å². The molecule has 22 heavy (non-hydrogen) atoms. The largest absolute Gasteiger partial charge is 0.480 e. The van der Waals surface area contributed by atoms with Crippen LogP contribution < -0.4 is 5.73 Å². The molecule has 1 aromatic carbocycles. The zero-order valence-corrected chi connectivity index (χ0v) is 13.4. The van der Waals surface area contributed by atoms with Crippen molar-refractivity contribution in [3.63, 3.8) is 0 Å². The monoisotopic (exact) mass is 305 g/mol. The number of carboxylic acids is 1. The molecule has 1 aromatic rings. The van der Waals surface area contributed by atoms with E-state index in [1.54, 1.807) is 24.3 Å². The maximum atomic E-state index is 12.2. The normalized spacial score (nSPS) is 12.0. The van der Waals surface area contributed by atoms with Crippen molar-refractivity contribution in [2.24, 2.45) is 0 Å². The lowest BCUT2D eigenvalue weighted by atomic mass is 9.91. The quantitative estimate of drug-likeness (QED) is 0.365. The van der Waals surface area contributed by atoms with Crippen LogP contribution in [0.1, 0.15) is 69.8 Å². The van der Waals surface area contributed by atoms with Crippen molar-refractivity contribution in [2.45, 2.75) is 64.2 Å². The summed E-state index contributed by atoms with van der Waals surface area (Å²) in [7, 11) is 0. The van der Waals surface area contributed by atoms with E-state index in [0.717, 1.165) is 19.3 Å². The van der Waals surface area contributed by atoms with Crippen molar-refractivity contribution in [1.82, 2.24) is 0 Å². The third-order valence-electron chi connectivity index (χ3n) is 3.87. The van der Waals surface area contributed by atoms with Gasteiger partial charge in [-0.2, -0.15) is 0 Å². The number of rotatable bonds is 11. The number of ketones is 1. The van der Waals surface area contributed by atoms with Gasteiger partial charge in [0.2, 0.25) is 0 Å². The molecule has 0 spiro atoms. The molecule has 0 aliphatic heterocycles. The third kappa shape index (κ3) is 6.29. The molecule has 0 aliphatic rings. The molecule has 1 rings (SSSR count). The predicted molar refractivity (Wildman–Crippen MR) is 88.8 cm³/mol. The fraction of sp³-hybridized carbons (Fsp3) is 0.556. The topological polar surface area (TPSA) is 80.4 Å². The summed E-state index contributed by atoms with van der Waals surface area (Å²) in [6.07, 6.45) is 8.13. The fourth-order valence-electron chi connectivity index (χ4n) is 2.56. The maximum absolute atomic E-state index is 12.2. The molecule has 1 unspecified atom stereocenters.